The zero-order valence-electron chi connectivity index (χ0n) is 17.4. The number of ether oxygens (including phenoxy) is 1. The summed E-state index contributed by atoms with van der Waals surface area (Å²) in [5, 5.41) is 6.71. The van der Waals surface area contributed by atoms with Crippen LogP contribution in [0.4, 0.5) is 5.69 Å². The first-order valence-electron chi connectivity index (χ1n) is 10.4. The number of anilines is 1. The molecule has 32 heavy (non-hydrogen) atoms. The van der Waals surface area contributed by atoms with Crippen LogP contribution in [-0.2, 0) is 6.42 Å². The normalized spacial score (nSPS) is 14.5. The maximum Gasteiger partial charge on any atom is 0.277 e. The van der Waals surface area contributed by atoms with Gasteiger partial charge in [0.1, 0.15) is 11.9 Å². The third-order valence-corrected chi connectivity index (χ3v) is 5.38. The van der Waals surface area contributed by atoms with Gasteiger partial charge in [-0.25, -0.2) is 0 Å². The molecule has 5 rings (SSSR count). The molecule has 1 N–H and O–H groups in total. The minimum atomic E-state index is -0.452. The number of carbonyl (C=O) groups is 2. The lowest BCUT2D eigenvalue weighted by molar-refractivity contribution is 0.101. The average Bonchev–Trinajstić information content (AvgIpc) is 3.45. The van der Waals surface area contributed by atoms with E-state index >= 15 is 0 Å². The largest absolute Gasteiger partial charge is 0.490 e. The Labute approximate surface area is 184 Å². The Morgan fingerprint density at radius 3 is 2.59 bits per heavy atom. The Hall–Kier alpha value is -4.19. The lowest BCUT2D eigenvalue weighted by Gasteiger charge is -2.09. The van der Waals surface area contributed by atoms with Gasteiger partial charge in [0, 0.05) is 29.2 Å². The number of amides is 1. The average molecular weight is 424 g/mol. The van der Waals surface area contributed by atoms with E-state index in [2.05, 4.69) is 10.5 Å². The fourth-order valence-corrected chi connectivity index (χ4v) is 3.82. The van der Waals surface area contributed by atoms with E-state index in [1.165, 1.54) is 0 Å². The van der Waals surface area contributed by atoms with Crippen LogP contribution in [0, 0.1) is 0 Å². The first kappa shape index (κ1) is 19.8. The maximum atomic E-state index is 12.9. The Balaban J connectivity index is 1.37. The molecule has 0 aliphatic carbocycles. The number of para-hydroxylation sites is 1. The third kappa shape index (κ3) is 3.78. The van der Waals surface area contributed by atoms with Crippen molar-refractivity contribution in [3.63, 3.8) is 0 Å². The summed E-state index contributed by atoms with van der Waals surface area (Å²) >= 11 is 0. The number of hydrogen-bond acceptors (Lipinski definition) is 5. The fraction of sp³-hybridized carbons (Fsp3) is 0.115. The lowest BCUT2D eigenvalue weighted by atomic mass is 10.0. The van der Waals surface area contributed by atoms with E-state index in [1.54, 1.807) is 54.6 Å². The van der Waals surface area contributed by atoms with E-state index in [1.807, 2.05) is 31.2 Å². The molecule has 0 bridgehead atoms. The van der Waals surface area contributed by atoms with Crippen molar-refractivity contribution in [2.75, 3.05) is 5.32 Å². The Kier molecular flexibility index (Phi) is 5.03. The highest BCUT2D eigenvalue weighted by Crippen LogP contribution is 2.33. The lowest BCUT2D eigenvalue weighted by Crippen LogP contribution is -2.15. The van der Waals surface area contributed by atoms with Crippen molar-refractivity contribution in [3.8, 4) is 17.1 Å². The molecule has 0 fully saturated rings. The summed E-state index contributed by atoms with van der Waals surface area (Å²) in [4.78, 5) is 25.7. The van der Waals surface area contributed by atoms with Crippen LogP contribution in [0.25, 0.3) is 11.3 Å². The maximum absolute atomic E-state index is 12.9. The second-order valence-electron chi connectivity index (χ2n) is 7.73. The molecule has 1 atom stereocenters. The van der Waals surface area contributed by atoms with Gasteiger partial charge in [-0.3, -0.25) is 9.59 Å². The molecule has 6 nitrogen and oxygen atoms in total. The van der Waals surface area contributed by atoms with Gasteiger partial charge in [-0.1, -0.05) is 47.6 Å². The van der Waals surface area contributed by atoms with E-state index in [-0.39, 0.29) is 17.6 Å². The van der Waals surface area contributed by atoms with Crippen LogP contribution in [0.1, 0.15) is 38.9 Å². The van der Waals surface area contributed by atoms with Crippen LogP contribution in [0.5, 0.6) is 5.75 Å². The van der Waals surface area contributed by atoms with Gasteiger partial charge in [0.15, 0.2) is 17.2 Å². The molecular weight excluding hydrogens is 404 g/mol. The first-order chi connectivity index (χ1) is 15.6. The predicted octanol–water partition coefficient (Wildman–Crippen LogP) is 5.15. The summed E-state index contributed by atoms with van der Waals surface area (Å²) in [5.41, 5.74) is 3.43. The van der Waals surface area contributed by atoms with Crippen LogP contribution < -0.4 is 10.1 Å². The quantitative estimate of drug-likeness (QED) is 0.448. The number of fused-ring (bicyclic) bond motifs is 1. The van der Waals surface area contributed by atoms with Crippen molar-refractivity contribution in [2.24, 2.45) is 0 Å². The molecule has 1 amide bonds. The van der Waals surface area contributed by atoms with E-state index in [9.17, 15) is 9.59 Å². The van der Waals surface area contributed by atoms with Crippen molar-refractivity contribution in [3.05, 3.63) is 101 Å². The van der Waals surface area contributed by atoms with Gasteiger partial charge >= 0.3 is 0 Å². The van der Waals surface area contributed by atoms with E-state index < -0.39 is 5.91 Å². The molecule has 4 aromatic rings. The number of carbonyl (C=O) groups excluding carboxylic acids is 2. The standard InChI is InChI=1S/C26H20N2O4/c1-16-13-19-14-18(11-12-23(19)31-16)24-15-22(28-32-24)26(30)27-21-10-6-5-9-20(21)25(29)17-7-3-2-4-8-17/h2-12,14-16H,13H2,1H3,(H,27,30). The second-order valence-corrected chi connectivity index (χ2v) is 7.73. The number of nitrogens with one attached hydrogen (secondary N) is 1. The smallest absolute Gasteiger partial charge is 0.277 e. The van der Waals surface area contributed by atoms with Crippen LogP contribution in [0.2, 0.25) is 0 Å². The van der Waals surface area contributed by atoms with Gasteiger partial charge < -0.3 is 14.6 Å². The zero-order valence-corrected chi connectivity index (χ0v) is 17.4. The van der Waals surface area contributed by atoms with E-state index in [0.29, 0.717) is 22.6 Å². The summed E-state index contributed by atoms with van der Waals surface area (Å²) in [6, 6.07) is 23.2. The van der Waals surface area contributed by atoms with Crippen molar-refractivity contribution in [1.29, 1.82) is 0 Å². The van der Waals surface area contributed by atoms with Crippen LogP contribution in [-0.4, -0.2) is 23.0 Å². The summed E-state index contributed by atoms with van der Waals surface area (Å²) in [5.74, 6) is 0.743. The number of ketones is 1. The fourth-order valence-electron chi connectivity index (χ4n) is 3.82. The molecule has 3 aromatic carbocycles. The SMILES string of the molecule is CC1Cc2cc(-c3cc(C(=O)Nc4ccccc4C(=O)c4ccccc4)no3)ccc2O1. The first-order valence-corrected chi connectivity index (χ1v) is 10.4. The number of rotatable bonds is 5. The van der Waals surface area contributed by atoms with Crippen LogP contribution in [0.15, 0.2) is 83.4 Å². The molecule has 6 heteroatoms. The number of hydrogen-bond donors (Lipinski definition) is 1. The molecule has 0 radical (unpaired) electrons. The predicted molar refractivity (Wildman–Crippen MR) is 120 cm³/mol. The molecule has 2 heterocycles. The molecule has 158 valence electrons. The highest BCUT2D eigenvalue weighted by Gasteiger charge is 2.22. The molecule has 0 saturated carbocycles. The summed E-state index contributed by atoms with van der Waals surface area (Å²) in [7, 11) is 0. The molecule has 0 saturated heterocycles. The van der Waals surface area contributed by atoms with Crippen LogP contribution in [0.3, 0.4) is 0 Å². The van der Waals surface area contributed by atoms with Gasteiger partial charge in [0.2, 0.25) is 0 Å². The Bertz CT molecular complexity index is 1310. The topological polar surface area (TPSA) is 81.4 Å². The molecule has 1 unspecified atom stereocenters. The molecule has 1 aromatic heterocycles. The molecular formula is C26H20N2O4. The second kappa shape index (κ2) is 8.15. The molecule has 1 aliphatic rings. The highest BCUT2D eigenvalue weighted by atomic mass is 16.5. The molecule has 0 spiro atoms. The van der Waals surface area contributed by atoms with Gasteiger partial charge in [0.25, 0.3) is 5.91 Å². The van der Waals surface area contributed by atoms with Gasteiger partial charge in [-0.05, 0) is 42.8 Å². The Morgan fingerprint density at radius 1 is 0.969 bits per heavy atom. The number of aromatic nitrogens is 1. The van der Waals surface area contributed by atoms with E-state index in [4.69, 9.17) is 9.26 Å². The van der Waals surface area contributed by atoms with Crippen molar-refractivity contribution in [1.82, 2.24) is 5.16 Å². The van der Waals surface area contributed by atoms with Gasteiger partial charge in [0.05, 0.1) is 5.69 Å². The van der Waals surface area contributed by atoms with E-state index in [0.717, 1.165) is 23.3 Å². The zero-order chi connectivity index (χ0) is 22.1. The summed E-state index contributed by atoms with van der Waals surface area (Å²) in [6.07, 6.45) is 0.978. The van der Waals surface area contributed by atoms with Crippen molar-refractivity contribution in [2.45, 2.75) is 19.4 Å². The highest BCUT2D eigenvalue weighted by molar-refractivity contribution is 6.15. The van der Waals surface area contributed by atoms with Gasteiger partial charge in [-0.2, -0.15) is 0 Å². The number of nitrogens with zero attached hydrogens (tertiary/aromatic N) is 1. The number of benzene rings is 3. The Morgan fingerprint density at radius 2 is 1.75 bits per heavy atom. The van der Waals surface area contributed by atoms with Crippen LogP contribution >= 0.6 is 0 Å². The van der Waals surface area contributed by atoms with Crippen molar-refractivity contribution < 1.29 is 18.8 Å². The van der Waals surface area contributed by atoms with Gasteiger partial charge in [-0.15, -0.1) is 0 Å². The monoisotopic (exact) mass is 424 g/mol. The minimum absolute atomic E-state index is 0.132. The van der Waals surface area contributed by atoms with Crippen molar-refractivity contribution >= 4 is 17.4 Å². The third-order valence-electron chi connectivity index (χ3n) is 5.38. The minimum Gasteiger partial charge on any atom is -0.490 e. The summed E-state index contributed by atoms with van der Waals surface area (Å²) < 4.78 is 11.2. The summed E-state index contributed by atoms with van der Waals surface area (Å²) in [6.45, 7) is 2.02. The molecule has 1 aliphatic heterocycles.